The van der Waals surface area contributed by atoms with Gasteiger partial charge in [0.15, 0.2) is 11.4 Å². The van der Waals surface area contributed by atoms with Crippen molar-refractivity contribution in [1.29, 1.82) is 0 Å². The van der Waals surface area contributed by atoms with Crippen molar-refractivity contribution in [3.05, 3.63) is 28.8 Å². The first-order valence-corrected chi connectivity index (χ1v) is 4.41. The van der Waals surface area contributed by atoms with Gasteiger partial charge in [-0.05, 0) is 0 Å². The van der Waals surface area contributed by atoms with Crippen LogP contribution in [-0.2, 0) is 6.54 Å². The van der Waals surface area contributed by atoms with E-state index in [2.05, 4.69) is 9.97 Å². The topological polar surface area (TPSA) is 68.0 Å². The van der Waals surface area contributed by atoms with Crippen molar-refractivity contribution in [3.63, 3.8) is 0 Å². The van der Waals surface area contributed by atoms with Gasteiger partial charge in [0, 0.05) is 18.5 Å². The highest BCUT2D eigenvalue weighted by Gasteiger charge is 2.13. The van der Waals surface area contributed by atoms with Crippen LogP contribution in [0, 0.1) is 0 Å². The van der Waals surface area contributed by atoms with E-state index in [0.717, 1.165) is 10.6 Å². The third-order valence-corrected chi connectivity index (χ3v) is 2.02. The van der Waals surface area contributed by atoms with E-state index in [1.165, 1.54) is 12.4 Å². The van der Waals surface area contributed by atoms with E-state index < -0.39 is 18.5 Å². The highest BCUT2D eigenvalue weighted by molar-refractivity contribution is 5.76. The van der Waals surface area contributed by atoms with E-state index >= 15 is 0 Å². The monoisotopic (exact) mass is 227 g/mol. The van der Waals surface area contributed by atoms with Crippen LogP contribution < -0.4 is 5.56 Å². The van der Waals surface area contributed by atoms with E-state index in [9.17, 15) is 18.7 Å². The van der Waals surface area contributed by atoms with Gasteiger partial charge in [0.2, 0.25) is 0 Å². The third kappa shape index (κ3) is 1.71. The highest BCUT2D eigenvalue weighted by Crippen LogP contribution is 2.17. The SMILES string of the molecule is O=c1cc(O)c2nccnc2n1CC(F)F. The van der Waals surface area contributed by atoms with E-state index in [-0.39, 0.29) is 16.9 Å². The summed E-state index contributed by atoms with van der Waals surface area (Å²) in [4.78, 5) is 18.9. The predicted molar refractivity (Wildman–Crippen MR) is 51.5 cm³/mol. The number of hydrogen-bond donors (Lipinski definition) is 1. The molecule has 0 bridgehead atoms. The number of halogens is 2. The van der Waals surface area contributed by atoms with Crippen LogP contribution in [0.5, 0.6) is 5.75 Å². The molecule has 16 heavy (non-hydrogen) atoms. The number of pyridine rings is 1. The Kier molecular flexibility index (Phi) is 2.51. The lowest BCUT2D eigenvalue weighted by Crippen LogP contribution is -2.23. The number of aromatic hydroxyl groups is 1. The lowest BCUT2D eigenvalue weighted by atomic mass is 10.3. The predicted octanol–water partition coefficient (Wildman–Crippen LogP) is 0.762. The van der Waals surface area contributed by atoms with Crippen LogP contribution in [0.1, 0.15) is 0 Å². The van der Waals surface area contributed by atoms with Gasteiger partial charge in [-0.25, -0.2) is 18.7 Å². The van der Waals surface area contributed by atoms with Crippen LogP contribution in [0.15, 0.2) is 23.3 Å². The molecule has 2 aromatic rings. The first kappa shape index (κ1) is 10.5. The number of aromatic nitrogens is 3. The number of hydrogen-bond acceptors (Lipinski definition) is 4. The van der Waals surface area contributed by atoms with Crippen molar-refractivity contribution in [1.82, 2.24) is 14.5 Å². The van der Waals surface area contributed by atoms with Crippen LogP contribution in [-0.4, -0.2) is 26.1 Å². The van der Waals surface area contributed by atoms with Gasteiger partial charge in [-0.1, -0.05) is 0 Å². The Morgan fingerprint density at radius 1 is 1.38 bits per heavy atom. The summed E-state index contributed by atoms with van der Waals surface area (Å²) in [5, 5.41) is 9.41. The molecule has 0 spiro atoms. The van der Waals surface area contributed by atoms with Gasteiger partial charge >= 0.3 is 0 Å². The minimum Gasteiger partial charge on any atom is -0.505 e. The average Bonchev–Trinajstić information content (AvgIpc) is 2.24. The second-order valence-corrected chi connectivity index (χ2v) is 3.10. The molecule has 0 saturated heterocycles. The highest BCUT2D eigenvalue weighted by atomic mass is 19.3. The average molecular weight is 227 g/mol. The van der Waals surface area contributed by atoms with E-state index in [0.29, 0.717) is 0 Å². The summed E-state index contributed by atoms with van der Waals surface area (Å²) >= 11 is 0. The van der Waals surface area contributed by atoms with Crippen molar-refractivity contribution in [2.24, 2.45) is 0 Å². The zero-order valence-electron chi connectivity index (χ0n) is 7.97. The fourth-order valence-electron chi connectivity index (χ4n) is 1.39. The summed E-state index contributed by atoms with van der Waals surface area (Å²) in [6.07, 6.45) is -0.102. The molecule has 2 heterocycles. The second-order valence-electron chi connectivity index (χ2n) is 3.10. The van der Waals surface area contributed by atoms with Crippen LogP contribution >= 0.6 is 0 Å². The lowest BCUT2D eigenvalue weighted by Gasteiger charge is -2.08. The molecule has 0 unspecified atom stereocenters. The summed E-state index contributed by atoms with van der Waals surface area (Å²) < 4.78 is 25.3. The van der Waals surface area contributed by atoms with Gasteiger partial charge in [0.25, 0.3) is 12.0 Å². The fourth-order valence-corrected chi connectivity index (χ4v) is 1.39. The quantitative estimate of drug-likeness (QED) is 0.822. The van der Waals surface area contributed by atoms with E-state index in [4.69, 9.17) is 0 Å². The third-order valence-electron chi connectivity index (χ3n) is 2.02. The van der Waals surface area contributed by atoms with Gasteiger partial charge in [0.05, 0.1) is 6.54 Å². The maximum absolute atomic E-state index is 12.3. The Bertz CT molecular complexity index is 582. The molecule has 0 radical (unpaired) electrons. The van der Waals surface area contributed by atoms with Crippen molar-refractivity contribution in [2.45, 2.75) is 13.0 Å². The summed E-state index contributed by atoms with van der Waals surface area (Å²) in [7, 11) is 0. The van der Waals surface area contributed by atoms with Gasteiger partial charge in [0.1, 0.15) is 5.52 Å². The van der Waals surface area contributed by atoms with Crippen LogP contribution in [0.4, 0.5) is 8.78 Å². The zero-order chi connectivity index (χ0) is 11.7. The summed E-state index contributed by atoms with van der Waals surface area (Å²) in [5.74, 6) is -0.362. The number of fused-ring (bicyclic) bond motifs is 1. The molecule has 0 aliphatic carbocycles. The lowest BCUT2D eigenvalue weighted by molar-refractivity contribution is 0.126. The first-order valence-electron chi connectivity index (χ1n) is 4.41. The largest absolute Gasteiger partial charge is 0.505 e. The number of alkyl halides is 2. The van der Waals surface area contributed by atoms with Gasteiger partial charge < -0.3 is 5.11 Å². The van der Waals surface area contributed by atoms with Crippen molar-refractivity contribution < 1.29 is 13.9 Å². The summed E-state index contributed by atoms with van der Waals surface area (Å²) in [5.41, 5.74) is -0.749. The van der Waals surface area contributed by atoms with Crippen LogP contribution in [0.2, 0.25) is 0 Å². The molecule has 1 N–H and O–H groups in total. The standard InChI is InChI=1S/C9H7F2N3O2/c10-6(11)4-14-7(16)3-5(15)8-9(14)13-2-1-12-8/h1-3,6,15H,4H2. The summed E-state index contributed by atoms with van der Waals surface area (Å²) in [6, 6.07) is 0.847. The van der Waals surface area contributed by atoms with Gasteiger partial charge in [-0.2, -0.15) is 0 Å². The van der Waals surface area contributed by atoms with Gasteiger partial charge in [-0.3, -0.25) is 9.36 Å². The molecule has 0 amide bonds. The van der Waals surface area contributed by atoms with Crippen LogP contribution in [0.25, 0.3) is 11.2 Å². The summed E-state index contributed by atoms with van der Waals surface area (Å²) in [6.45, 7) is -0.770. The molecule has 0 aliphatic rings. The Morgan fingerprint density at radius 2 is 2.06 bits per heavy atom. The van der Waals surface area contributed by atoms with E-state index in [1.807, 2.05) is 0 Å². The minimum atomic E-state index is -2.67. The Labute approximate surface area is 88.0 Å². The molecule has 5 nitrogen and oxygen atoms in total. The first-order chi connectivity index (χ1) is 7.59. The van der Waals surface area contributed by atoms with Gasteiger partial charge in [-0.15, -0.1) is 0 Å². The minimum absolute atomic E-state index is 0.0303. The molecule has 7 heteroatoms. The van der Waals surface area contributed by atoms with Crippen molar-refractivity contribution in [2.75, 3.05) is 0 Å². The molecule has 0 fully saturated rings. The zero-order valence-corrected chi connectivity index (χ0v) is 7.97. The molecule has 0 saturated carbocycles. The molecular weight excluding hydrogens is 220 g/mol. The van der Waals surface area contributed by atoms with Crippen molar-refractivity contribution >= 4 is 11.2 Å². The Hall–Kier alpha value is -2.05. The van der Waals surface area contributed by atoms with Crippen molar-refractivity contribution in [3.8, 4) is 5.75 Å². The van der Waals surface area contributed by atoms with Crippen LogP contribution in [0.3, 0.4) is 0 Å². The molecule has 0 atom stereocenters. The molecule has 0 aliphatic heterocycles. The normalized spacial score (nSPS) is 11.2. The maximum atomic E-state index is 12.3. The smallest absolute Gasteiger partial charge is 0.256 e. The fraction of sp³-hybridized carbons (Fsp3) is 0.222. The maximum Gasteiger partial charge on any atom is 0.256 e. The van der Waals surface area contributed by atoms with E-state index in [1.54, 1.807) is 0 Å². The number of nitrogens with zero attached hydrogens (tertiary/aromatic N) is 3. The molecule has 2 aromatic heterocycles. The molecule has 84 valence electrons. The molecule has 0 aromatic carbocycles. The molecular formula is C9H7F2N3O2. The second kappa shape index (κ2) is 3.84. The molecule has 2 rings (SSSR count). The Balaban J connectivity index is 2.76. The Morgan fingerprint density at radius 3 is 2.75 bits per heavy atom. The number of rotatable bonds is 2.